The minimum Gasteiger partial charge on any atom is -0.381 e. The zero-order valence-corrected chi connectivity index (χ0v) is 11.3. The van der Waals surface area contributed by atoms with Gasteiger partial charge in [-0.3, -0.25) is 0 Å². The fourth-order valence-corrected chi connectivity index (χ4v) is 1.79. The van der Waals surface area contributed by atoms with Crippen molar-refractivity contribution in [2.75, 3.05) is 24.3 Å². The number of benzene rings is 2. The quantitative estimate of drug-likeness (QED) is 0.877. The molecule has 0 saturated carbocycles. The number of nitrogens with zero attached hydrogens (tertiary/aromatic N) is 1. The standard InChI is InChI=1S/C16H20N2/c1-13-4-8-15(9-5-13)17-12-14-6-10-16(11-7-14)18(2)3/h4-11,17H,12H2,1-3H3. The zero-order valence-electron chi connectivity index (χ0n) is 11.3. The SMILES string of the molecule is Cc1ccc(NCc2ccc(N(C)C)cc2)cc1. The highest BCUT2D eigenvalue weighted by Gasteiger charge is 1.96. The number of anilines is 2. The van der Waals surface area contributed by atoms with Gasteiger partial charge in [-0.15, -0.1) is 0 Å². The fourth-order valence-electron chi connectivity index (χ4n) is 1.79. The smallest absolute Gasteiger partial charge is 0.0400 e. The summed E-state index contributed by atoms with van der Waals surface area (Å²) in [7, 11) is 4.11. The van der Waals surface area contributed by atoms with E-state index in [9.17, 15) is 0 Å². The Labute approximate surface area is 109 Å². The summed E-state index contributed by atoms with van der Waals surface area (Å²) in [6, 6.07) is 17.1. The van der Waals surface area contributed by atoms with Crippen molar-refractivity contribution in [2.45, 2.75) is 13.5 Å². The Morgan fingerprint density at radius 2 is 1.50 bits per heavy atom. The third-order valence-corrected chi connectivity index (χ3v) is 3.00. The van der Waals surface area contributed by atoms with Crippen LogP contribution in [0.5, 0.6) is 0 Å². The average Bonchev–Trinajstić information content (AvgIpc) is 2.38. The van der Waals surface area contributed by atoms with E-state index in [1.54, 1.807) is 0 Å². The minimum absolute atomic E-state index is 0.858. The molecule has 0 spiro atoms. The Bertz CT molecular complexity index is 484. The molecular weight excluding hydrogens is 220 g/mol. The number of aryl methyl sites for hydroxylation is 1. The molecule has 0 atom stereocenters. The first-order valence-corrected chi connectivity index (χ1v) is 6.22. The second kappa shape index (κ2) is 5.58. The monoisotopic (exact) mass is 240 g/mol. The highest BCUT2D eigenvalue weighted by atomic mass is 15.1. The molecule has 0 heterocycles. The number of hydrogen-bond donors (Lipinski definition) is 1. The van der Waals surface area contributed by atoms with Gasteiger partial charge in [0.25, 0.3) is 0 Å². The molecule has 2 rings (SSSR count). The summed E-state index contributed by atoms with van der Waals surface area (Å²) in [4.78, 5) is 2.11. The molecule has 2 aromatic rings. The molecule has 2 heteroatoms. The van der Waals surface area contributed by atoms with Crippen molar-refractivity contribution >= 4 is 11.4 Å². The van der Waals surface area contributed by atoms with Crippen molar-refractivity contribution in [1.82, 2.24) is 0 Å². The Morgan fingerprint density at radius 3 is 2.06 bits per heavy atom. The van der Waals surface area contributed by atoms with Gasteiger partial charge in [-0.05, 0) is 36.8 Å². The molecule has 0 aromatic heterocycles. The van der Waals surface area contributed by atoms with Gasteiger partial charge in [0.2, 0.25) is 0 Å². The summed E-state index contributed by atoms with van der Waals surface area (Å²) in [5.74, 6) is 0. The van der Waals surface area contributed by atoms with Crippen molar-refractivity contribution in [1.29, 1.82) is 0 Å². The molecule has 0 bridgehead atoms. The third kappa shape index (κ3) is 3.27. The Hall–Kier alpha value is -1.96. The van der Waals surface area contributed by atoms with E-state index in [0.717, 1.165) is 12.2 Å². The van der Waals surface area contributed by atoms with E-state index in [2.05, 4.69) is 79.8 Å². The maximum atomic E-state index is 3.42. The van der Waals surface area contributed by atoms with Gasteiger partial charge in [-0.25, -0.2) is 0 Å². The highest BCUT2D eigenvalue weighted by molar-refractivity contribution is 5.48. The molecule has 0 unspecified atom stereocenters. The van der Waals surface area contributed by atoms with Crippen molar-refractivity contribution in [2.24, 2.45) is 0 Å². The van der Waals surface area contributed by atoms with Gasteiger partial charge in [0.1, 0.15) is 0 Å². The van der Waals surface area contributed by atoms with E-state index in [1.807, 2.05) is 0 Å². The Kier molecular flexibility index (Phi) is 3.88. The lowest BCUT2D eigenvalue weighted by atomic mass is 10.2. The molecule has 2 nitrogen and oxygen atoms in total. The minimum atomic E-state index is 0.858. The van der Waals surface area contributed by atoms with Crippen LogP contribution < -0.4 is 10.2 Å². The van der Waals surface area contributed by atoms with Gasteiger partial charge < -0.3 is 10.2 Å². The van der Waals surface area contributed by atoms with Gasteiger partial charge in [0, 0.05) is 32.0 Å². The summed E-state index contributed by atoms with van der Waals surface area (Å²) in [6.07, 6.45) is 0. The van der Waals surface area contributed by atoms with Crippen LogP contribution >= 0.6 is 0 Å². The Morgan fingerprint density at radius 1 is 0.889 bits per heavy atom. The lowest BCUT2D eigenvalue weighted by molar-refractivity contribution is 1.11. The van der Waals surface area contributed by atoms with Crippen molar-refractivity contribution in [3.8, 4) is 0 Å². The van der Waals surface area contributed by atoms with Crippen LogP contribution in [0.4, 0.5) is 11.4 Å². The predicted molar refractivity (Wildman–Crippen MR) is 79.3 cm³/mol. The van der Waals surface area contributed by atoms with Crippen LogP contribution in [0.15, 0.2) is 48.5 Å². The second-order valence-corrected chi connectivity index (χ2v) is 4.78. The fraction of sp³-hybridized carbons (Fsp3) is 0.250. The molecule has 94 valence electrons. The summed E-state index contributed by atoms with van der Waals surface area (Å²) >= 11 is 0. The van der Waals surface area contributed by atoms with Crippen molar-refractivity contribution in [3.63, 3.8) is 0 Å². The van der Waals surface area contributed by atoms with E-state index in [4.69, 9.17) is 0 Å². The van der Waals surface area contributed by atoms with Crippen molar-refractivity contribution < 1.29 is 0 Å². The molecule has 0 radical (unpaired) electrons. The van der Waals surface area contributed by atoms with E-state index in [-0.39, 0.29) is 0 Å². The normalized spacial score (nSPS) is 10.2. The van der Waals surface area contributed by atoms with E-state index in [0.29, 0.717) is 0 Å². The van der Waals surface area contributed by atoms with Crippen molar-refractivity contribution in [3.05, 3.63) is 59.7 Å². The molecule has 0 aliphatic rings. The predicted octanol–water partition coefficient (Wildman–Crippen LogP) is 3.67. The summed E-state index contributed by atoms with van der Waals surface area (Å²) in [6.45, 7) is 2.96. The first kappa shape index (κ1) is 12.5. The summed E-state index contributed by atoms with van der Waals surface area (Å²) in [5, 5.41) is 3.42. The van der Waals surface area contributed by atoms with E-state index in [1.165, 1.54) is 16.8 Å². The van der Waals surface area contributed by atoms with Crippen LogP contribution in [0, 0.1) is 6.92 Å². The van der Waals surface area contributed by atoms with E-state index >= 15 is 0 Å². The number of hydrogen-bond acceptors (Lipinski definition) is 2. The maximum absolute atomic E-state index is 3.42. The first-order valence-electron chi connectivity index (χ1n) is 6.22. The molecule has 2 aromatic carbocycles. The molecule has 0 saturated heterocycles. The van der Waals surface area contributed by atoms with Crippen LogP contribution in [-0.2, 0) is 6.54 Å². The molecule has 0 aliphatic carbocycles. The van der Waals surface area contributed by atoms with Gasteiger partial charge in [0.15, 0.2) is 0 Å². The second-order valence-electron chi connectivity index (χ2n) is 4.78. The number of rotatable bonds is 4. The van der Waals surface area contributed by atoms with Crippen LogP contribution in [-0.4, -0.2) is 14.1 Å². The largest absolute Gasteiger partial charge is 0.381 e. The van der Waals surface area contributed by atoms with Crippen LogP contribution in [0.3, 0.4) is 0 Å². The molecule has 18 heavy (non-hydrogen) atoms. The van der Waals surface area contributed by atoms with E-state index < -0.39 is 0 Å². The van der Waals surface area contributed by atoms with Crippen LogP contribution in [0.2, 0.25) is 0 Å². The van der Waals surface area contributed by atoms with Gasteiger partial charge >= 0.3 is 0 Å². The van der Waals surface area contributed by atoms with Crippen LogP contribution in [0.25, 0.3) is 0 Å². The topological polar surface area (TPSA) is 15.3 Å². The number of nitrogens with one attached hydrogen (secondary N) is 1. The lowest BCUT2D eigenvalue weighted by Gasteiger charge is -2.13. The molecule has 0 aliphatic heterocycles. The van der Waals surface area contributed by atoms with Crippen LogP contribution in [0.1, 0.15) is 11.1 Å². The molecule has 0 amide bonds. The lowest BCUT2D eigenvalue weighted by Crippen LogP contribution is -2.08. The molecule has 0 fully saturated rings. The van der Waals surface area contributed by atoms with Gasteiger partial charge in [-0.1, -0.05) is 29.8 Å². The molecule has 1 N–H and O–H groups in total. The molecular formula is C16H20N2. The van der Waals surface area contributed by atoms with Gasteiger partial charge in [-0.2, -0.15) is 0 Å². The summed E-state index contributed by atoms with van der Waals surface area (Å²) < 4.78 is 0. The maximum Gasteiger partial charge on any atom is 0.0400 e. The summed E-state index contributed by atoms with van der Waals surface area (Å²) in [5.41, 5.74) is 4.98. The Balaban J connectivity index is 1.95. The zero-order chi connectivity index (χ0) is 13.0. The first-order chi connectivity index (χ1) is 8.65. The average molecular weight is 240 g/mol. The highest BCUT2D eigenvalue weighted by Crippen LogP contribution is 2.14. The third-order valence-electron chi connectivity index (χ3n) is 3.00. The van der Waals surface area contributed by atoms with Gasteiger partial charge in [0.05, 0.1) is 0 Å².